The highest BCUT2D eigenvalue weighted by molar-refractivity contribution is 9.10. The minimum Gasteiger partial charge on any atom is -0.472 e. The van der Waals surface area contributed by atoms with E-state index < -0.39 is 24.2 Å². The number of fused-ring (bicyclic) bond motifs is 1. The van der Waals surface area contributed by atoms with E-state index in [4.69, 9.17) is 9.47 Å². The van der Waals surface area contributed by atoms with Gasteiger partial charge in [0.1, 0.15) is 18.5 Å². The SMILES string of the molecule is Cc1ccc(S(=O)(=O)NC[C@@H](C)Oc2nc3c(ccn3COCC[Si](C)(C)C)cc2Br)cc1. The van der Waals surface area contributed by atoms with Gasteiger partial charge in [0.05, 0.1) is 9.37 Å². The van der Waals surface area contributed by atoms with Gasteiger partial charge in [0, 0.05) is 32.8 Å². The molecule has 0 amide bonds. The van der Waals surface area contributed by atoms with Gasteiger partial charge in [-0.25, -0.2) is 13.1 Å². The van der Waals surface area contributed by atoms with Crippen LogP contribution in [0.1, 0.15) is 12.5 Å². The average Bonchev–Trinajstić information content (AvgIpc) is 3.11. The summed E-state index contributed by atoms with van der Waals surface area (Å²) in [6.45, 7) is 12.0. The Labute approximate surface area is 205 Å². The van der Waals surface area contributed by atoms with Gasteiger partial charge in [0.2, 0.25) is 15.9 Å². The minimum absolute atomic E-state index is 0.114. The summed E-state index contributed by atoms with van der Waals surface area (Å²) in [7, 11) is -4.75. The van der Waals surface area contributed by atoms with Crippen molar-refractivity contribution in [3.63, 3.8) is 0 Å². The molecule has 1 atom stereocenters. The van der Waals surface area contributed by atoms with Crippen LogP contribution in [-0.2, 0) is 21.5 Å². The van der Waals surface area contributed by atoms with Crippen molar-refractivity contribution in [3.8, 4) is 5.88 Å². The number of benzene rings is 1. The highest BCUT2D eigenvalue weighted by Gasteiger charge is 2.18. The molecule has 3 rings (SSSR count). The Morgan fingerprint density at radius 1 is 1.18 bits per heavy atom. The molecule has 0 saturated heterocycles. The highest BCUT2D eigenvalue weighted by atomic mass is 79.9. The van der Waals surface area contributed by atoms with E-state index in [0.717, 1.165) is 29.2 Å². The van der Waals surface area contributed by atoms with Crippen molar-refractivity contribution in [2.24, 2.45) is 0 Å². The van der Waals surface area contributed by atoms with Crippen molar-refractivity contribution in [1.82, 2.24) is 14.3 Å². The second-order valence-electron chi connectivity index (χ2n) is 9.42. The van der Waals surface area contributed by atoms with Crippen molar-refractivity contribution in [2.75, 3.05) is 13.2 Å². The maximum atomic E-state index is 12.5. The first-order chi connectivity index (χ1) is 15.4. The average molecular weight is 555 g/mol. The lowest BCUT2D eigenvalue weighted by Gasteiger charge is -2.17. The normalized spacial score (nSPS) is 13.4. The summed E-state index contributed by atoms with van der Waals surface area (Å²) >= 11 is 3.51. The maximum Gasteiger partial charge on any atom is 0.240 e. The summed E-state index contributed by atoms with van der Waals surface area (Å²) in [6.07, 6.45) is 1.52. The van der Waals surface area contributed by atoms with Crippen LogP contribution in [-0.4, -0.2) is 45.3 Å². The number of aromatic nitrogens is 2. The Morgan fingerprint density at radius 3 is 2.55 bits per heavy atom. The lowest BCUT2D eigenvalue weighted by atomic mass is 10.2. The van der Waals surface area contributed by atoms with Crippen LogP contribution in [0.25, 0.3) is 11.0 Å². The first kappa shape index (κ1) is 25.9. The minimum atomic E-state index is -3.61. The van der Waals surface area contributed by atoms with Crippen LogP contribution < -0.4 is 9.46 Å². The number of hydrogen-bond donors (Lipinski definition) is 1. The lowest BCUT2D eigenvalue weighted by Crippen LogP contribution is -2.33. The van der Waals surface area contributed by atoms with Gasteiger partial charge < -0.3 is 14.0 Å². The van der Waals surface area contributed by atoms with Crippen molar-refractivity contribution >= 4 is 45.1 Å². The molecule has 0 aliphatic carbocycles. The molecule has 33 heavy (non-hydrogen) atoms. The molecule has 0 aliphatic heterocycles. The summed E-state index contributed by atoms with van der Waals surface area (Å²) in [5.41, 5.74) is 1.76. The molecule has 1 aromatic carbocycles. The molecule has 7 nitrogen and oxygen atoms in total. The van der Waals surface area contributed by atoms with E-state index in [1.165, 1.54) is 0 Å². The predicted octanol–water partition coefficient (Wildman–Crippen LogP) is 5.17. The fourth-order valence-corrected chi connectivity index (χ4v) is 5.36. The summed E-state index contributed by atoms with van der Waals surface area (Å²) in [5, 5.41) is 0.968. The first-order valence-electron chi connectivity index (χ1n) is 10.9. The number of sulfonamides is 1. The summed E-state index contributed by atoms with van der Waals surface area (Å²) < 4.78 is 42.2. The largest absolute Gasteiger partial charge is 0.472 e. The van der Waals surface area contributed by atoms with Gasteiger partial charge in [0.15, 0.2) is 0 Å². The van der Waals surface area contributed by atoms with E-state index in [-0.39, 0.29) is 11.4 Å². The van der Waals surface area contributed by atoms with Gasteiger partial charge in [-0.1, -0.05) is 37.3 Å². The fourth-order valence-electron chi connectivity index (χ4n) is 3.06. The number of aryl methyl sites for hydroxylation is 1. The zero-order valence-electron chi connectivity index (χ0n) is 19.8. The zero-order valence-corrected chi connectivity index (χ0v) is 23.2. The van der Waals surface area contributed by atoms with Crippen LogP contribution in [0, 0.1) is 6.92 Å². The Kier molecular flexibility index (Phi) is 8.39. The van der Waals surface area contributed by atoms with E-state index >= 15 is 0 Å². The summed E-state index contributed by atoms with van der Waals surface area (Å²) in [5.74, 6) is 0.409. The van der Waals surface area contributed by atoms with Gasteiger partial charge in [-0.15, -0.1) is 0 Å². The van der Waals surface area contributed by atoms with Crippen LogP contribution in [0.3, 0.4) is 0 Å². The third-order valence-electron chi connectivity index (χ3n) is 5.09. The Hall–Kier alpha value is -1.72. The number of nitrogens with one attached hydrogen (secondary N) is 1. The molecule has 0 spiro atoms. The van der Waals surface area contributed by atoms with Crippen LogP contribution in [0.5, 0.6) is 5.88 Å². The van der Waals surface area contributed by atoms with E-state index in [1.807, 2.05) is 29.8 Å². The standard InChI is InChI=1S/C23H32BrN3O4SSi/c1-17-6-8-20(9-7-17)32(28,29)25-15-18(2)31-23-21(24)14-19-10-11-27(22(19)26-23)16-30-12-13-33(3,4)5/h6-11,14,18,25H,12-13,15-16H2,1-5H3/t18-/m1/s1. The van der Waals surface area contributed by atoms with E-state index in [9.17, 15) is 8.42 Å². The number of pyridine rings is 1. The Balaban J connectivity index is 1.64. The number of rotatable bonds is 11. The smallest absolute Gasteiger partial charge is 0.240 e. The molecule has 0 fully saturated rings. The molecule has 0 unspecified atom stereocenters. The van der Waals surface area contributed by atoms with Gasteiger partial charge in [-0.3, -0.25) is 0 Å². The van der Waals surface area contributed by atoms with E-state index in [1.54, 1.807) is 31.2 Å². The highest BCUT2D eigenvalue weighted by Crippen LogP contribution is 2.28. The molecule has 0 radical (unpaired) electrons. The summed E-state index contributed by atoms with van der Waals surface area (Å²) in [4.78, 5) is 4.89. The summed E-state index contributed by atoms with van der Waals surface area (Å²) in [6, 6.07) is 11.8. The van der Waals surface area contributed by atoms with Crippen LogP contribution in [0.4, 0.5) is 0 Å². The molecular weight excluding hydrogens is 522 g/mol. The Bertz CT molecular complexity index is 1190. The fraction of sp³-hybridized carbons (Fsp3) is 0.435. The molecule has 3 aromatic rings. The molecule has 0 aliphatic rings. The van der Waals surface area contributed by atoms with Crippen molar-refractivity contribution in [1.29, 1.82) is 0 Å². The second kappa shape index (κ2) is 10.7. The topological polar surface area (TPSA) is 82.5 Å². The molecule has 1 N–H and O–H groups in total. The van der Waals surface area contributed by atoms with E-state index in [0.29, 0.717) is 17.1 Å². The third kappa shape index (κ3) is 7.38. The molecule has 2 heterocycles. The molecule has 180 valence electrons. The molecule has 0 bridgehead atoms. The second-order valence-corrected chi connectivity index (χ2v) is 17.7. The molecule has 0 saturated carbocycles. The van der Waals surface area contributed by atoms with Crippen molar-refractivity contribution in [3.05, 3.63) is 52.6 Å². The number of halogens is 1. The Morgan fingerprint density at radius 2 is 1.88 bits per heavy atom. The molecule has 2 aromatic heterocycles. The predicted molar refractivity (Wildman–Crippen MR) is 138 cm³/mol. The zero-order chi connectivity index (χ0) is 24.2. The number of hydrogen-bond acceptors (Lipinski definition) is 5. The third-order valence-corrected chi connectivity index (χ3v) is 8.80. The molecule has 10 heteroatoms. The lowest BCUT2D eigenvalue weighted by molar-refractivity contribution is 0.0898. The van der Waals surface area contributed by atoms with E-state index in [2.05, 4.69) is 45.3 Å². The number of nitrogens with zero attached hydrogens (tertiary/aromatic N) is 2. The van der Waals surface area contributed by atoms with Crippen molar-refractivity contribution in [2.45, 2.75) is 57.3 Å². The quantitative estimate of drug-likeness (QED) is 0.261. The van der Waals surface area contributed by atoms with Crippen molar-refractivity contribution < 1.29 is 17.9 Å². The van der Waals surface area contributed by atoms with Gasteiger partial charge in [0.25, 0.3) is 0 Å². The van der Waals surface area contributed by atoms with Crippen LogP contribution >= 0.6 is 15.9 Å². The van der Waals surface area contributed by atoms with Crippen LogP contribution in [0.2, 0.25) is 25.7 Å². The molecular formula is C23H32BrN3O4SSi. The van der Waals surface area contributed by atoms with Gasteiger partial charge >= 0.3 is 0 Å². The maximum absolute atomic E-state index is 12.5. The van der Waals surface area contributed by atoms with Crippen LogP contribution in [0.15, 0.2) is 52.0 Å². The number of ether oxygens (including phenoxy) is 2. The monoisotopic (exact) mass is 553 g/mol. The van der Waals surface area contributed by atoms with Gasteiger partial charge in [-0.05, 0) is 60.1 Å². The van der Waals surface area contributed by atoms with Gasteiger partial charge in [-0.2, -0.15) is 4.98 Å². The first-order valence-corrected chi connectivity index (χ1v) is 16.9.